The largest absolute Gasteiger partial charge is 0.367 e. The van der Waals surface area contributed by atoms with Gasteiger partial charge in [0.1, 0.15) is 0 Å². The third-order valence-corrected chi connectivity index (χ3v) is 1.72. The van der Waals surface area contributed by atoms with E-state index in [4.69, 9.17) is 0 Å². The molecule has 0 aliphatic rings. The van der Waals surface area contributed by atoms with Gasteiger partial charge in [-0.05, 0) is 31.6 Å². The van der Waals surface area contributed by atoms with Gasteiger partial charge < -0.3 is 9.88 Å². The fourth-order valence-corrected chi connectivity index (χ4v) is 1.23. The number of aromatic amines is 1. The van der Waals surface area contributed by atoms with Gasteiger partial charge in [-0.3, -0.25) is 0 Å². The third-order valence-electron chi connectivity index (χ3n) is 1.72. The van der Waals surface area contributed by atoms with Crippen molar-refractivity contribution in [1.29, 1.82) is 0 Å². The van der Waals surface area contributed by atoms with Crippen molar-refractivity contribution >= 4 is 0 Å². The van der Waals surface area contributed by atoms with Gasteiger partial charge >= 0.3 is 0 Å². The van der Waals surface area contributed by atoms with Crippen LogP contribution in [0.25, 0.3) is 0 Å². The Labute approximate surface area is 68.2 Å². The first-order valence-corrected chi connectivity index (χ1v) is 4.13. The van der Waals surface area contributed by atoms with Crippen molar-refractivity contribution in [3.8, 4) is 0 Å². The Bertz CT molecular complexity index is 179. The van der Waals surface area contributed by atoms with E-state index in [0.717, 1.165) is 6.54 Å². The van der Waals surface area contributed by atoms with Crippen LogP contribution in [0.5, 0.6) is 0 Å². The molecule has 0 bridgehead atoms. The molecule has 0 aliphatic heterocycles. The lowest BCUT2D eigenvalue weighted by Gasteiger charge is -2.13. The first-order valence-electron chi connectivity index (χ1n) is 4.13. The average molecular weight is 152 g/mol. The van der Waals surface area contributed by atoms with Crippen molar-refractivity contribution < 1.29 is 0 Å². The second kappa shape index (κ2) is 4.19. The highest BCUT2D eigenvalue weighted by Gasteiger charge is 1.97. The molecule has 0 saturated heterocycles. The second-order valence-corrected chi connectivity index (χ2v) is 2.96. The topological polar surface area (TPSA) is 19.0 Å². The van der Waals surface area contributed by atoms with E-state index < -0.39 is 0 Å². The van der Waals surface area contributed by atoms with Crippen LogP contribution in [-0.4, -0.2) is 23.5 Å². The van der Waals surface area contributed by atoms with Crippen molar-refractivity contribution in [1.82, 2.24) is 9.88 Å². The zero-order valence-corrected chi connectivity index (χ0v) is 7.30. The van der Waals surface area contributed by atoms with Gasteiger partial charge in [-0.25, -0.2) is 0 Å². The molecular weight excluding hydrogens is 136 g/mol. The number of aromatic nitrogens is 1. The molecule has 2 nitrogen and oxygen atoms in total. The summed E-state index contributed by atoms with van der Waals surface area (Å²) in [6, 6.07) is 2.12. The van der Waals surface area contributed by atoms with Crippen LogP contribution in [0.3, 0.4) is 0 Å². The standard InChI is InChI=1S/C9H16N2/c1-3-6-11(2)8-9-4-5-10-7-9/h4-5,7,10H,3,6,8H2,1-2H3. The Morgan fingerprint density at radius 1 is 1.55 bits per heavy atom. The molecule has 0 spiro atoms. The van der Waals surface area contributed by atoms with Gasteiger partial charge in [0.15, 0.2) is 0 Å². The van der Waals surface area contributed by atoms with E-state index in [1.807, 2.05) is 12.4 Å². The average Bonchev–Trinajstić information content (AvgIpc) is 2.40. The zero-order valence-electron chi connectivity index (χ0n) is 7.30. The van der Waals surface area contributed by atoms with E-state index in [1.165, 1.54) is 18.5 Å². The van der Waals surface area contributed by atoms with Gasteiger partial charge in [-0.1, -0.05) is 6.92 Å². The Morgan fingerprint density at radius 2 is 2.36 bits per heavy atom. The molecule has 1 aromatic heterocycles. The molecule has 0 aliphatic carbocycles. The summed E-state index contributed by atoms with van der Waals surface area (Å²) in [7, 11) is 2.15. The van der Waals surface area contributed by atoms with Gasteiger partial charge in [-0.15, -0.1) is 0 Å². The summed E-state index contributed by atoms with van der Waals surface area (Å²) in [6.07, 6.45) is 5.24. The van der Waals surface area contributed by atoms with Crippen LogP contribution in [-0.2, 0) is 6.54 Å². The maximum absolute atomic E-state index is 3.05. The molecule has 1 aromatic rings. The molecule has 2 heteroatoms. The molecule has 1 N–H and O–H groups in total. The Morgan fingerprint density at radius 3 is 2.91 bits per heavy atom. The summed E-state index contributed by atoms with van der Waals surface area (Å²) >= 11 is 0. The molecule has 1 rings (SSSR count). The third kappa shape index (κ3) is 2.76. The van der Waals surface area contributed by atoms with Crippen LogP contribution in [0.2, 0.25) is 0 Å². The summed E-state index contributed by atoms with van der Waals surface area (Å²) in [5.41, 5.74) is 1.36. The highest BCUT2D eigenvalue weighted by atomic mass is 15.1. The summed E-state index contributed by atoms with van der Waals surface area (Å²) in [4.78, 5) is 5.37. The van der Waals surface area contributed by atoms with E-state index >= 15 is 0 Å². The monoisotopic (exact) mass is 152 g/mol. The molecule has 0 unspecified atom stereocenters. The molecule has 0 atom stereocenters. The van der Waals surface area contributed by atoms with E-state index in [9.17, 15) is 0 Å². The SMILES string of the molecule is CCCN(C)Cc1cc[nH]c1. The summed E-state index contributed by atoms with van der Waals surface area (Å²) < 4.78 is 0. The maximum atomic E-state index is 3.05. The van der Waals surface area contributed by atoms with Gasteiger partial charge in [0.25, 0.3) is 0 Å². The minimum atomic E-state index is 1.05. The van der Waals surface area contributed by atoms with Crippen LogP contribution in [0.1, 0.15) is 18.9 Å². The van der Waals surface area contributed by atoms with Crippen molar-refractivity contribution in [2.45, 2.75) is 19.9 Å². The smallest absolute Gasteiger partial charge is 0.0245 e. The van der Waals surface area contributed by atoms with Crippen LogP contribution in [0, 0.1) is 0 Å². The Hall–Kier alpha value is -0.760. The summed E-state index contributed by atoms with van der Waals surface area (Å²) in [6.45, 7) is 4.43. The Kier molecular flexibility index (Phi) is 3.17. The fourth-order valence-electron chi connectivity index (χ4n) is 1.23. The van der Waals surface area contributed by atoms with Gasteiger partial charge in [0.2, 0.25) is 0 Å². The lowest BCUT2D eigenvalue weighted by Crippen LogP contribution is -2.17. The molecule has 0 fully saturated rings. The summed E-state index contributed by atoms with van der Waals surface area (Å²) in [5.74, 6) is 0. The minimum Gasteiger partial charge on any atom is -0.367 e. The number of H-pyrrole nitrogens is 1. The van der Waals surface area contributed by atoms with Gasteiger partial charge in [0, 0.05) is 18.9 Å². The van der Waals surface area contributed by atoms with Crippen LogP contribution < -0.4 is 0 Å². The molecule has 0 saturated carbocycles. The highest BCUT2D eigenvalue weighted by Crippen LogP contribution is 2.00. The zero-order chi connectivity index (χ0) is 8.10. The molecule has 0 aromatic carbocycles. The fraction of sp³-hybridized carbons (Fsp3) is 0.556. The number of nitrogens with one attached hydrogen (secondary N) is 1. The first-order chi connectivity index (χ1) is 5.33. The predicted octanol–water partition coefficient (Wildman–Crippen LogP) is 1.86. The van der Waals surface area contributed by atoms with Crippen LogP contribution in [0.15, 0.2) is 18.5 Å². The normalized spacial score (nSPS) is 10.8. The van der Waals surface area contributed by atoms with E-state index in [1.54, 1.807) is 0 Å². The molecule has 0 radical (unpaired) electrons. The predicted molar refractivity (Wildman–Crippen MR) is 47.4 cm³/mol. The number of hydrogen-bond donors (Lipinski definition) is 1. The highest BCUT2D eigenvalue weighted by molar-refractivity contribution is 5.07. The molecule has 0 amide bonds. The van der Waals surface area contributed by atoms with Crippen molar-refractivity contribution in [2.24, 2.45) is 0 Å². The molecule has 62 valence electrons. The summed E-state index contributed by atoms with van der Waals surface area (Å²) in [5, 5.41) is 0. The van der Waals surface area contributed by atoms with Crippen molar-refractivity contribution in [3.63, 3.8) is 0 Å². The lowest BCUT2D eigenvalue weighted by molar-refractivity contribution is 0.328. The van der Waals surface area contributed by atoms with Gasteiger partial charge in [0.05, 0.1) is 0 Å². The van der Waals surface area contributed by atoms with Crippen molar-refractivity contribution in [3.05, 3.63) is 24.0 Å². The maximum Gasteiger partial charge on any atom is 0.0245 e. The second-order valence-electron chi connectivity index (χ2n) is 2.96. The van der Waals surface area contributed by atoms with Crippen molar-refractivity contribution in [2.75, 3.05) is 13.6 Å². The molecule has 11 heavy (non-hydrogen) atoms. The molecule has 1 heterocycles. The van der Waals surface area contributed by atoms with E-state index in [-0.39, 0.29) is 0 Å². The van der Waals surface area contributed by atoms with E-state index in [2.05, 4.69) is 29.9 Å². The van der Waals surface area contributed by atoms with Crippen LogP contribution in [0.4, 0.5) is 0 Å². The number of rotatable bonds is 4. The Balaban J connectivity index is 2.31. The quantitative estimate of drug-likeness (QED) is 0.697. The van der Waals surface area contributed by atoms with E-state index in [0.29, 0.717) is 0 Å². The van der Waals surface area contributed by atoms with Gasteiger partial charge in [-0.2, -0.15) is 0 Å². The molecular formula is C9H16N2. The van der Waals surface area contributed by atoms with Crippen LogP contribution >= 0.6 is 0 Å². The lowest BCUT2D eigenvalue weighted by atomic mass is 10.3. The number of nitrogens with zero attached hydrogens (tertiary/aromatic N) is 1. The first kappa shape index (κ1) is 8.34. The number of hydrogen-bond acceptors (Lipinski definition) is 1. The minimum absolute atomic E-state index is 1.05.